The Kier molecular flexibility index (Phi) is 7.58. The minimum atomic E-state index is -3.58. The summed E-state index contributed by atoms with van der Waals surface area (Å²) in [5.74, 6) is 2.34. The maximum Gasteiger partial charge on any atom is 0.206 e. The van der Waals surface area contributed by atoms with Crippen molar-refractivity contribution in [3.05, 3.63) is 72.3 Å². The standard InChI is InChI=1S/C25H28O5S/c1-4-5-6-17-29-25-18-21(28-3)11-16-24(25)30-20-9-14-23(15-10-20)31(26,27)22-12-7-19(2)8-13-22/h7-16,18H,4-6,17H2,1-3H3. The molecule has 3 aromatic rings. The molecule has 0 aliphatic rings. The lowest BCUT2D eigenvalue weighted by Crippen LogP contribution is -2.02. The molecule has 0 aliphatic carbocycles. The first-order valence-corrected chi connectivity index (χ1v) is 11.8. The summed E-state index contributed by atoms with van der Waals surface area (Å²) < 4.78 is 42.8. The quantitative estimate of drug-likeness (QED) is 0.351. The Morgan fingerprint density at radius 1 is 0.774 bits per heavy atom. The van der Waals surface area contributed by atoms with E-state index in [1.54, 1.807) is 73.8 Å². The average molecular weight is 441 g/mol. The molecule has 0 fully saturated rings. The minimum Gasteiger partial charge on any atom is -0.497 e. The summed E-state index contributed by atoms with van der Waals surface area (Å²) in [5, 5.41) is 0. The molecule has 3 aromatic carbocycles. The highest BCUT2D eigenvalue weighted by Crippen LogP contribution is 2.35. The van der Waals surface area contributed by atoms with E-state index in [-0.39, 0.29) is 9.79 Å². The number of rotatable bonds is 10. The van der Waals surface area contributed by atoms with E-state index >= 15 is 0 Å². The molecule has 164 valence electrons. The molecular formula is C25H28O5S. The zero-order valence-electron chi connectivity index (χ0n) is 18.1. The Bertz CT molecular complexity index is 1090. The van der Waals surface area contributed by atoms with E-state index in [9.17, 15) is 8.42 Å². The topological polar surface area (TPSA) is 61.8 Å². The van der Waals surface area contributed by atoms with Crippen LogP contribution in [0.25, 0.3) is 0 Å². The second-order valence-electron chi connectivity index (χ2n) is 7.26. The lowest BCUT2D eigenvalue weighted by Gasteiger charge is -2.14. The van der Waals surface area contributed by atoms with Gasteiger partial charge in [-0.2, -0.15) is 0 Å². The fourth-order valence-electron chi connectivity index (χ4n) is 3.01. The van der Waals surface area contributed by atoms with E-state index in [1.165, 1.54) is 0 Å². The van der Waals surface area contributed by atoms with Gasteiger partial charge in [-0.25, -0.2) is 8.42 Å². The Labute approximate surface area is 184 Å². The predicted octanol–water partition coefficient (Wildman–Crippen LogP) is 6.20. The lowest BCUT2D eigenvalue weighted by atomic mass is 10.2. The van der Waals surface area contributed by atoms with Crippen LogP contribution in [0.5, 0.6) is 23.0 Å². The molecule has 6 heteroatoms. The predicted molar refractivity (Wildman–Crippen MR) is 121 cm³/mol. The number of aryl methyl sites for hydroxylation is 1. The van der Waals surface area contributed by atoms with Crippen LogP contribution in [-0.4, -0.2) is 22.1 Å². The maximum absolute atomic E-state index is 12.8. The van der Waals surface area contributed by atoms with Gasteiger partial charge < -0.3 is 14.2 Å². The van der Waals surface area contributed by atoms with Crippen LogP contribution in [0.3, 0.4) is 0 Å². The Morgan fingerprint density at radius 2 is 1.39 bits per heavy atom. The van der Waals surface area contributed by atoms with Gasteiger partial charge >= 0.3 is 0 Å². The van der Waals surface area contributed by atoms with Crippen LogP contribution in [0.15, 0.2) is 76.5 Å². The van der Waals surface area contributed by atoms with Gasteiger partial charge in [0.1, 0.15) is 11.5 Å². The molecule has 31 heavy (non-hydrogen) atoms. The number of unbranched alkanes of at least 4 members (excludes halogenated alkanes) is 2. The summed E-state index contributed by atoms with van der Waals surface area (Å²) in [6.45, 7) is 4.65. The largest absolute Gasteiger partial charge is 0.497 e. The third-order valence-corrected chi connectivity index (χ3v) is 6.63. The van der Waals surface area contributed by atoms with Crippen molar-refractivity contribution < 1.29 is 22.6 Å². The molecule has 0 bridgehead atoms. The Morgan fingerprint density at radius 3 is 2.00 bits per heavy atom. The van der Waals surface area contributed by atoms with Crippen molar-refractivity contribution in [3.8, 4) is 23.0 Å². The Hall–Kier alpha value is -2.99. The van der Waals surface area contributed by atoms with Crippen molar-refractivity contribution in [2.24, 2.45) is 0 Å². The van der Waals surface area contributed by atoms with Gasteiger partial charge in [-0.15, -0.1) is 0 Å². The van der Waals surface area contributed by atoms with Crippen molar-refractivity contribution in [2.75, 3.05) is 13.7 Å². The molecule has 0 aromatic heterocycles. The van der Waals surface area contributed by atoms with E-state index < -0.39 is 9.84 Å². The zero-order chi connectivity index (χ0) is 22.3. The number of hydrogen-bond acceptors (Lipinski definition) is 5. The summed E-state index contributed by atoms with van der Waals surface area (Å²) in [6.07, 6.45) is 3.17. The van der Waals surface area contributed by atoms with Crippen molar-refractivity contribution >= 4 is 9.84 Å². The fourth-order valence-corrected chi connectivity index (χ4v) is 4.27. The van der Waals surface area contributed by atoms with Crippen molar-refractivity contribution in [2.45, 2.75) is 42.9 Å². The second kappa shape index (κ2) is 10.4. The molecule has 3 rings (SSSR count). The molecule has 0 radical (unpaired) electrons. The van der Waals surface area contributed by atoms with Crippen molar-refractivity contribution in [3.63, 3.8) is 0 Å². The van der Waals surface area contributed by atoms with Gasteiger partial charge in [0.15, 0.2) is 11.5 Å². The third kappa shape index (κ3) is 5.79. The van der Waals surface area contributed by atoms with Crippen molar-refractivity contribution in [1.29, 1.82) is 0 Å². The first kappa shape index (κ1) is 22.7. The first-order valence-electron chi connectivity index (χ1n) is 10.3. The number of sulfone groups is 1. The lowest BCUT2D eigenvalue weighted by molar-refractivity contribution is 0.290. The molecular weight excluding hydrogens is 412 g/mol. The number of ether oxygens (including phenoxy) is 3. The van der Waals surface area contributed by atoms with Gasteiger partial charge in [0.05, 0.1) is 23.5 Å². The van der Waals surface area contributed by atoms with Crippen LogP contribution in [0.1, 0.15) is 31.7 Å². The van der Waals surface area contributed by atoms with Gasteiger partial charge in [-0.3, -0.25) is 0 Å². The van der Waals surface area contributed by atoms with Crippen LogP contribution in [-0.2, 0) is 9.84 Å². The molecule has 0 aliphatic heterocycles. The van der Waals surface area contributed by atoms with E-state index in [2.05, 4.69) is 6.92 Å². The first-order chi connectivity index (χ1) is 14.9. The van der Waals surface area contributed by atoms with Gasteiger partial charge in [-0.1, -0.05) is 37.5 Å². The highest BCUT2D eigenvalue weighted by atomic mass is 32.2. The molecule has 0 unspecified atom stereocenters. The normalized spacial score (nSPS) is 11.2. The van der Waals surface area contributed by atoms with E-state index in [1.807, 2.05) is 6.92 Å². The molecule has 0 spiro atoms. The van der Waals surface area contributed by atoms with Gasteiger partial charge in [-0.05, 0) is 61.9 Å². The van der Waals surface area contributed by atoms with E-state index in [0.29, 0.717) is 29.6 Å². The van der Waals surface area contributed by atoms with Crippen LogP contribution in [0.4, 0.5) is 0 Å². The van der Waals surface area contributed by atoms with Crippen LogP contribution in [0.2, 0.25) is 0 Å². The van der Waals surface area contributed by atoms with Gasteiger partial charge in [0.25, 0.3) is 0 Å². The Balaban J connectivity index is 1.78. The number of hydrogen-bond donors (Lipinski definition) is 0. The average Bonchev–Trinajstić information content (AvgIpc) is 2.78. The monoisotopic (exact) mass is 440 g/mol. The van der Waals surface area contributed by atoms with Gasteiger partial charge in [0, 0.05) is 6.07 Å². The minimum absolute atomic E-state index is 0.217. The third-order valence-electron chi connectivity index (χ3n) is 4.85. The molecule has 0 atom stereocenters. The molecule has 0 saturated heterocycles. The SMILES string of the molecule is CCCCCOc1cc(OC)ccc1Oc1ccc(S(=O)(=O)c2ccc(C)cc2)cc1. The zero-order valence-corrected chi connectivity index (χ0v) is 18.9. The summed E-state index contributed by atoms with van der Waals surface area (Å²) in [7, 11) is -1.98. The van der Waals surface area contributed by atoms with E-state index in [0.717, 1.165) is 24.8 Å². The molecule has 0 amide bonds. The number of benzene rings is 3. The fraction of sp³-hybridized carbons (Fsp3) is 0.280. The molecule has 0 heterocycles. The summed E-state index contributed by atoms with van der Waals surface area (Å²) >= 11 is 0. The molecule has 0 saturated carbocycles. The smallest absolute Gasteiger partial charge is 0.206 e. The molecule has 5 nitrogen and oxygen atoms in total. The number of methoxy groups -OCH3 is 1. The van der Waals surface area contributed by atoms with Crippen molar-refractivity contribution in [1.82, 2.24) is 0 Å². The highest BCUT2D eigenvalue weighted by Gasteiger charge is 2.17. The second-order valence-corrected chi connectivity index (χ2v) is 9.21. The molecule has 0 N–H and O–H groups in total. The van der Waals surface area contributed by atoms with E-state index in [4.69, 9.17) is 14.2 Å². The van der Waals surface area contributed by atoms with Gasteiger partial charge in [0.2, 0.25) is 9.84 Å². The van der Waals surface area contributed by atoms with Crippen LogP contribution < -0.4 is 14.2 Å². The summed E-state index contributed by atoms with van der Waals surface area (Å²) in [6, 6.07) is 18.6. The summed E-state index contributed by atoms with van der Waals surface area (Å²) in [5.41, 5.74) is 1.01. The maximum atomic E-state index is 12.8. The van der Waals surface area contributed by atoms with Crippen LogP contribution >= 0.6 is 0 Å². The highest BCUT2D eigenvalue weighted by molar-refractivity contribution is 7.91. The van der Waals surface area contributed by atoms with Crippen LogP contribution in [0, 0.1) is 6.92 Å². The summed E-state index contributed by atoms with van der Waals surface area (Å²) in [4.78, 5) is 0.485.